The van der Waals surface area contributed by atoms with Crippen molar-refractivity contribution in [3.8, 4) is 11.4 Å². The van der Waals surface area contributed by atoms with Gasteiger partial charge in [-0.2, -0.15) is 0 Å². The van der Waals surface area contributed by atoms with Crippen LogP contribution in [-0.2, 0) is 0 Å². The number of hydrogen-bond acceptors (Lipinski definition) is 4. The average molecular weight is 200 g/mol. The molecule has 0 saturated carbocycles. The quantitative estimate of drug-likeness (QED) is 0.610. The number of amides is 1. The van der Waals surface area contributed by atoms with Gasteiger partial charge in [-0.3, -0.25) is 14.2 Å². The van der Waals surface area contributed by atoms with Gasteiger partial charge in [0.15, 0.2) is 0 Å². The number of pyridine rings is 1. The summed E-state index contributed by atoms with van der Waals surface area (Å²) in [5.74, 6) is -0.797. The fraction of sp³-hybridized carbons (Fsp3) is 0. The third-order valence-corrected chi connectivity index (χ3v) is 2.19. The first-order valence-electron chi connectivity index (χ1n) is 4.21. The molecular weight excluding hydrogens is 196 g/mol. The molecule has 0 N–H and O–H groups in total. The van der Waals surface area contributed by atoms with E-state index in [2.05, 4.69) is 15.0 Å². The lowest BCUT2D eigenvalue weighted by Gasteiger charge is -2.12. The van der Waals surface area contributed by atoms with E-state index >= 15 is 0 Å². The maximum absolute atomic E-state index is 11.4. The van der Waals surface area contributed by atoms with Gasteiger partial charge in [-0.05, 0) is 6.07 Å². The third-order valence-electron chi connectivity index (χ3n) is 2.19. The first kappa shape index (κ1) is 7.98. The van der Waals surface area contributed by atoms with Gasteiger partial charge in [0.2, 0.25) is 0 Å². The van der Waals surface area contributed by atoms with Gasteiger partial charge in [0, 0.05) is 6.20 Å². The summed E-state index contributed by atoms with van der Waals surface area (Å²) in [6.07, 6.45) is 3.87. The van der Waals surface area contributed by atoms with E-state index in [-0.39, 0.29) is 11.6 Å². The molecule has 0 aromatic carbocycles. The van der Waals surface area contributed by atoms with Crippen molar-refractivity contribution in [2.45, 2.75) is 0 Å². The number of carbonyl (C=O) groups excluding carboxylic acids is 2. The number of carbonyl (C=O) groups is 2. The van der Waals surface area contributed by atoms with E-state index in [9.17, 15) is 9.59 Å². The van der Waals surface area contributed by atoms with E-state index in [1.165, 1.54) is 23.2 Å². The summed E-state index contributed by atoms with van der Waals surface area (Å²) in [7, 11) is 0. The molecule has 0 fully saturated rings. The highest BCUT2D eigenvalue weighted by Crippen LogP contribution is 2.20. The zero-order chi connectivity index (χ0) is 10.4. The van der Waals surface area contributed by atoms with Crippen molar-refractivity contribution < 1.29 is 9.59 Å². The summed E-state index contributed by atoms with van der Waals surface area (Å²) >= 11 is 0. The second-order valence-corrected chi connectivity index (χ2v) is 3.07. The summed E-state index contributed by atoms with van der Waals surface area (Å²) in [6, 6.07) is 1.51. The molecule has 72 valence electrons. The van der Waals surface area contributed by atoms with Gasteiger partial charge in [-0.15, -0.1) is 0 Å². The summed E-state index contributed by atoms with van der Waals surface area (Å²) in [5, 5.41) is 0. The van der Waals surface area contributed by atoms with Crippen LogP contribution in [-0.4, -0.2) is 32.6 Å². The number of fused-ring (bicyclic) bond motifs is 2. The van der Waals surface area contributed by atoms with Gasteiger partial charge in [0.25, 0.3) is 11.8 Å². The van der Waals surface area contributed by atoms with Crippen LogP contribution in [0.5, 0.6) is 0 Å². The molecule has 1 amide bonds. The van der Waals surface area contributed by atoms with Crippen LogP contribution in [0.1, 0.15) is 15.3 Å². The maximum Gasteiger partial charge on any atom is 0.294 e. The third kappa shape index (κ3) is 1.01. The highest BCUT2D eigenvalue weighted by Gasteiger charge is 2.21. The molecule has 3 aliphatic heterocycles. The molecule has 15 heavy (non-hydrogen) atoms. The summed E-state index contributed by atoms with van der Waals surface area (Å²) < 4.78 is 1.23. The van der Waals surface area contributed by atoms with E-state index in [0.29, 0.717) is 11.4 Å². The first-order valence-corrected chi connectivity index (χ1v) is 4.21. The Morgan fingerprint density at radius 2 is 1.93 bits per heavy atom. The summed E-state index contributed by atoms with van der Waals surface area (Å²) in [6.45, 7) is 0. The Hall–Kier alpha value is -2.37. The Morgan fingerprint density at radius 1 is 1.13 bits per heavy atom. The molecule has 3 aliphatic rings. The second kappa shape index (κ2) is 2.57. The van der Waals surface area contributed by atoms with E-state index < -0.39 is 5.91 Å². The fourth-order valence-corrected chi connectivity index (χ4v) is 1.48. The lowest BCUT2D eigenvalue weighted by atomic mass is 10.2. The minimum atomic E-state index is -0.445. The van der Waals surface area contributed by atoms with Crippen LogP contribution in [0.15, 0.2) is 23.6 Å². The van der Waals surface area contributed by atoms with Crippen molar-refractivity contribution in [3.05, 3.63) is 24.3 Å². The Bertz CT molecular complexity index is 535. The number of imidazole rings is 1. The van der Waals surface area contributed by atoms with Gasteiger partial charge in [0.05, 0.1) is 11.9 Å². The Morgan fingerprint density at radius 3 is 2.80 bits per heavy atom. The van der Waals surface area contributed by atoms with Crippen LogP contribution in [0.3, 0.4) is 0 Å². The molecule has 6 nitrogen and oxygen atoms in total. The van der Waals surface area contributed by atoms with E-state index in [4.69, 9.17) is 0 Å². The molecular formula is C9H4N4O2. The lowest BCUT2D eigenvalue weighted by molar-refractivity contribution is 0.0925. The van der Waals surface area contributed by atoms with Crippen LogP contribution in [0, 0.1) is 0 Å². The van der Waals surface area contributed by atoms with Crippen LogP contribution in [0.25, 0.3) is 11.4 Å². The van der Waals surface area contributed by atoms with E-state index in [1.54, 1.807) is 0 Å². The van der Waals surface area contributed by atoms with Gasteiger partial charge in [-0.1, -0.05) is 0 Å². The lowest BCUT2D eigenvalue weighted by Crippen LogP contribution is -2.24. The Kier molecular flexibility index (Phi) is 1.37. The first-order chi connectivity index (χ1) is 7.25. The van der Waals surface area contributed by atoms with Crippen molar-refractivity contribution in [2.75, 3.05) is 0 Å². The van der Waals surface area contributed by atoms with Crippen molar-refractivity contribution in [1.29, 1.82) is 0 Å². The van der Waals surface area contributed by atoms with E-state index in [0.717, 1.165) is 6.21 Å². The SMILES string of the molecule is O=C1N=CC(=O)n2cc3ncnc-3cc21. The molecule has 0 radical (unpaired) electrons. The van der Waals surface area contributed by atoms with Crippen molar-refractivity contribution >= 4 is 18.0 Å². The maximum atomic E-state index is 11.4. The normalized spacial score (nSPS) is 14.7. The van der Waals surface area contributed by atoms with Crippen LogP contribution < -0.4 is 0 Å². The van der Waals surface area contributed by atoms with Crippen LogP contribution >= 0.6 is 0 Å². The van der Waals surface area contributed by atoms with Crippen molar-refractivity contribution in [1.82, 2.24) is 14.5 Å². The predicted octanol–water partition coefficient (Wildman–Crippen LogP) is 0.248. The molecule has 3 rings (SSSR count). The molecule has 0 atom stereocenters. The van der Waals surface area contributed by atoms with Crippen LogP contribution in [0.4, 0.5) is 0 Å². The predicted molar refractivity (Wildman–Crippen MR) is 50.1 cm³/mol. The molecule has 0 unspecified atom stereocenters. The largest absolute Gasteiger partial charge is 0.294 e. The number of aliphatic imine (C=N–C) groups is 1. The number of nitrogens with zero attached hydrogens (tertiary/aromatic N) is 4. The zero-order valence-corrected chi connectivity index (χ0v) is 7.41. The molecule has 3 heterocycles. The molecule has 0 aromatic heterocycles. The van der Waals surface area contributed by atoms with Gasteiger partial charge in [-0.25, -0.2) is 15.0 Å². The molecule has 0 aromatic rings. The van der Waals surface area contributed by atoms with Gasteiger partial charge < -0.3 is 0 Å². The van der Waals surface area contributed by atoms with Crippen molar-refractivity contribution in [2.24, 2.45) is 4.99 Å². The number of rotatable bonds is 0. The van der Waals surface area contributed by atoms with Gasteiger partial charge >= 0.3 is 0 Å². The fourth-order valence-electron chi connectivity index (χ4n) is 1.48. The average Bonchev–Trinajstić information content (AvgIpc) is 2.69. The number of aromatic nitrogens is 3. The molecule has 0 saturated heterocycles. The van der Waals surface area contributed by atoms with Crippen LogP contribution in [0.2, 0.25) is 0 Å². The molecule has 0 aliphatic carbocycles. The summed E-state index contributed by atoms with van der Waals surface area (Å²) in [4.78, 5) is 34.1. The highest BCUT2D eigenvalue weighted by molar-refractivity contribution is 6.33. The molecule has 6 heteroatoms. The topological polar surface area (TPSA) is 77.2 Å². The molecule has 0 bridgehead atoms. The van der Waals surface area contributed by atoms with Crippen molar-refractivity contribution in [3.63, 3.8) is 0 Å². The Labute approximate surface area is 83.6 Å². The standard InChI is InChI=1S/C9H4N4O2/c14-8-2-10-9(15)7-1-5-6(3-13(7)8)12-4-11-5/h1-4H. The van der Waals surface area contributed by atoms with E-state index in [1.807, 2.05) is 0 Å². The monoisotopic (exact) mass is 200 g/mol. The van der Waals surface area contributed by atoms with Gasteiger partial charge in [0.1, 0.15) is 17.7 Å². The molecule has 0 spiro atoms. The highest BCUT2D eigenvalue weighted by atomic mass is 16.2. The zero-order valence-electron chi connectivity index (χ0n) is 7.41. The Balaban J connectivity index is 2.38. The number of hydrogen-bond donors (Lipinski definition) is 0. The minimum absolute atomic E-state index is 0.218. The summed E-state index contributed by atoms with van der Waals surface area (Å²) in [5.41, 5.74) is 1.38. The smallest absolute Gasteiger partial charge is 0.275 e. The second-order valence-electron chi connectivity index (χ2n) is 3.07. The minimum Gasteiger partial charge on any atom is -0.275 e.